The van der Waals surface area contributed by atoms with Crippen molar-refractivity contribution in [3.05, 3.63) is 29.8 Å². The van der Waals surface area contributed by atoms with Gasteiger partial charge in [0.25, 0.3) is 0 Å². The Morgan fingerprint density at radius 3 is 2.73 bits per heavy atom. The van der Waals surface area contributed by atoms with Gasteiger partial charge < -0.3 is 19.9 Å². The minimum absolute atomic E-state index is 0.0115. The van der Waals surface area contributed by atoms with Crippen LogP contribution in [0.5, 0.6) is 5.75 Å². The molecule has 4 nitrogen and oxygen atoms in total. The maximum atomic E-state index is 13.0. The van der Waals surface area contributed by atoms with Crippen LogP contribution in [-0.2, 0) is 4.74 Å². The Bertz CT molecular complexity index is 467. The van der Waals surface area contributed by atoms with E-state index in [0.717, 1.165) is 25.0 Å². The summed E-state index contributed by atoms with van der Waals surface area (Å²) in [6.07, 6.45) is 1.35. The lowest BCUT2D eigenvalue weighted by atomic mass is 9.94. The molecule has 0 unspecified atom stereocenters. The Morgan fingerprint density at radius 2 is 2.05 bits per heavy atom. The van der Waals surface area contributed by atoms with Crippen LogP contribution in [0.25, 0.3) is 0 Å². The van der Waals surface area contributed by atoms with Gasteiger partial charge in [0.1, 0.15) is 12.4 Å². The van der Waals surface area contributed by atoms with Gasteiger partial charge in [-0.3, -0.25) is 0 Å². The summed E-state index contributed by atoms with van der Waals surface area (Å²) in [5.41, 5.74) is 0. The molecule has 0 spiro atoms. The lowest BCUT2D eigenvalue weighted by Gasteiger charge is -2.27. The number of hydrogen-bond acceptors (Lipinski definition) is 4. The number of rotatable bonds is 7. The van der Waals surface area contributed by atoms with Crippen molar-refractivity contribution in [2.24, 2.45) is 5.92 Å². The average molecular weight is 315 g/mol. The van der Waals surface area contributed by atoms with Crippen molar-refractivity contribution >= 4 is 0 Å². The van der Waals surface area contributed by atoms with Gasteiger partial charge in [0.2, 0.25) is 0 Å². The minimum atomic E-state index is -0.923. The zero-order valence-corrected chi connectivity index (χ0v) is 12.7. The molecule has 1 heterocycles. The molecule has 22 heavy (non-hydrogen) atoms. The van der Waals surface area contributed by atoms with Crippen molar-refractivity contribution in [1.29, 1.82) is 0 Å². The molecular formula is C16H23F2NO3. The van der Waals surface area contributed by atoms with Crippen LogP contribution < -0.4 is 10.1 Å². The first kappa shape index (κ1) is 17.1. The van der Waals surface area contributed by atoms with E-state index in [1.807, 2.05) is 6.92 Å². The van der Waals surface area contributed by atoms with Crippen molar-refractivity contribution in [1.82, 2.24) is 5.32 Å². The van der Waals surface area contributed by atoms with Gasteiger partial charge in [-0.2, -0.15) is 0 Å². The van der Waals surface area contributed by atoms with E-state index in [-0.39, 0.29) is 17.7 Å². The second-order valence-electron chi connectivity index (χ2n) is 5.71. The quantitative estimate of drug-likeness (QED) is 0.809. The summed E-state index contributed by atoms with van der Waals surface area (Å²) in [4.78, 5) is 0. The van der Waals surface area contributed by atoms with E-state index in [1.54, 1.807) is 0 Å². The molecule has 6 heteroatoms. The first-order valence-corrected chi connectivity index (χ1v) is 7.63. The number of nitrogens with one attached hydrogen (secondary N) is 1. The van der Waals surface area contributed by atoms with Crippen molar-refractivity contribution in [3.63, 3.8) is 0 Å². The number of aliphatic hydroxyl groups excluding tert-OH is 1. The molecule has 0 radical (unpaired) electrons. The molecule has 0 aliphatic carbocycles. The van der Waals surface area contributed by atoms with Crippen molar-refractivity contribution < 1.29 is 23.4 Å². The Balaban J connectivity index is 1.68. The zero-order chi connectivity index (χ0) is 15.9. The van der Waals surface area contributed by atoms with Crippen LogP contribution in [0.15, 0.2) is 18.2 Å². The van der Waals surface area contributed by atoms with Crippen LogP contribution in [0.4, 0.5) is 8.78 Å². The van der Waals surface area contributed by atoms with Crippen LogP contribution in [-0.4, -0.2) is 43.6 Å². The Hall–Kier alpha value is -1.24. The lowest BCUT2D eigenvalue weighted by molar-refractivity contribution is 0.00733. The summed E-state index contributed by atoms with van der Waals surface area (Å²) in [5.74, 6) is -1.26. The van der Waals surface area contributed by atoms with Gasteiger partial charge >= 0.3 is 0 Å². The fraction of sp³-hybridized carbons (Fsp3) is 0.625. The molecule has 0 amide bonds. The van der Waals surface area contributed by atoms with E-state index < -0.39 is 17.7 Å². The minimum Gasteiger partial charge on any atom is -0.492 e. The van der Waals surface area contributed by atoms with Gasteiger partial charge in [0.05, 0.1) is 6.10 Å². The Morgan fingerprint density at radius 1 is 1.32 bits per heavy atom. The highest BCUT2D eigenvalue weighted by atomic mass is 19.2. The fourth-order valence-corrected chi connectivity index (χ4v) is 2.44. The first-order valence-electron chi connectivity index (χ1n) is 7.63. The second-order valence-corrected chi connectivity index (χ2v) is 5.71. The van der Waals surface area contributed by atoms with E-state index >= 15 is 0 Å². The van der Waals surface area contributed by atoms with Gasteiger partial charge in [0, 0.05) is 31.9 Å². The summed E-state index contributed by atoms with van der Waals surface area (Å²) >= 11 is 0. The van der Waals surface area contributed by atoms with Crippen molar-refractivity contribution in [2.45, 2.75) is 31.9 Å². The number of ether oxygens (including phenoxy) is 2. The molecule has 1 aromatic carbocycles. The SMILES string of the molecule is C[C@H](COc1ccc(F)c(F)c1)NC[C@@H](O)C1CCOCC1. The predicted octanol–water partition coefficient (Wildman–Crippen LogP) is 2.11. The largest absolute Gasteiger partial charge is 0.492 e. The van der Waals surface area contributed by atoms with Crippen molar-refractivity contribution in [2.75, 3.05) is 26.4 Å². The molecule has 1 aliphatic heterocycles. The zero-order valence-electron chi connectivity index (χ0n) is 12.7. The molecule has 0 bridgehead atoms. The molecule has 2 rings (SSSR count). The summed E-state index contributed by atoms with van der Waals surface area (Å²) in [5, 5.41) is 13.3. The van der Waals surface area contributed by atoms with E-state index in [0.29, 0.717) is 26.4 Å². The highest BCUT2D eigenvalue weighted by molar-refractivity contribution is 5.23. The molecule has 0 aromatic heterocycles. The molecule has 1 aliphatic rings. The van der Waals surface area contributed by atoms with Crippen LogP contribution in [0, 0.1) is 17.6 Å². The van der Waals surface area contributed by atoms with Gasteiger partial charge in [-0.05, 0) is 37.8 Å². The van der Waals surface area contributed by atoms with Crippen molar-refractivity contribution in [3.8, 4) is 5.75 Å². The van der Waals surface area contributed by atoms with Crippen LogP contribution in [0.2, 0.25) is 0 Å². The van der Waals surface area contributed by atoms with Gasteiger partial charge in [-0.25, -0.2) is 8.78 Å². The third-order valence-corrected chi connectivity index (χ3v) is 3.88. The highest BCUT2D eigenvalue weighted by Gasteiger charge is 2.22. The molecule has 1 aromatic rings. The maximum Gasteiger partial charge on any atom is 0.162 e. The average Bonchev–Trinajstić information content (AvgIpc) is 2.54. The summed E-state index contributed by atoms with van der Waals surface area (Å²) in [7, 11) is 0. The van der Waals surface area contributed by atoms with Gasteiger partial charge in [-0.15, -0.1) is 0 Å². The molecule has 2 atom stereocenters. The standard InChI is InChI=1S/C16H23F2NO3/c1-11(10-22-13-2-3-14(17)15(18)8-13)19-9-16(20)12-4-6-21-7-5-12/h2-3,8,11-12,16,19-20H,4-7,9-10H2,1H3/t11-,16-/m1/s1. The van der Waals surface area contributed by atoms with E-state index in [1.165, 1.54) is 6.07 Å². The van der Waals surface area contributed by atoms with Gasteiger partial charge in [-0.1, -0.05) is 0 Å². The van der Waals surface area contributed by atoms with E-state index in [2.05, 4.69) is 5.32 Å². The molecule has 1 fully saturated rings. The summed E-state index contributed by atoms with van der Waals surface area (Å²) < 4.78 is 36.5. The third-order valence-electron chi connectivity index (χ3n) is 3.88. The molecule has 1 saturated heterocycles. The number of halogens is 2. The highest BCUT2D eigenvalue weighted by Crippen LogP contribution is 2.18. The summed E-state index contributed by atoms with van der Waals surface area (Å²) in [6.45, 7) is 4.11. The smallest absolute Gasteiger partial charge is 0.162 e. The third kappa shape index (κ3) is 5.19. The van der Waals surface area contributed by atoms with E-state index in [9.17, 15) is 13.9 Å². The Kier molecular flexibility index (Phi) is 6.54. The topological polar surface area (TPSA) is 50.7 Å². The lowest BCUT2D eigenvalue weighted by Crippen LogP contribution is -2.41. The monoisotopic (exact) mass is 315 g/mol. The first-order chi connectivity index (χ1) is 10.6. The molecular weight excluding hydrogens is 292 g/mol. The number of hydrogen-bond donors (Lipinski definition) is 2. The molecule has 2 N–H and O–H groups in total. The summed E-state index contributed by atoms with van der Waals surface area (Å²) in [6, 6.07) is 3.45. The number of benzene rings is 1. The van der Waals surface area contributed by atoms with Gasteiger partial charge in [0.15, 0.2) is 11.6 Å². The van der Waals surface area contributed by atoms with Crippen LogP contribution in [0.3, 0.4) is 0 Å². The fourth-order valence-electron chi connectivity index (χ4n) is 2.44. The van der Waals surface area contributed by atoms with Crippen LogP contribution >= 0.6 is 0 Å². The number of aliphatic hydroxyl groups is 1. The predicted molar refractivity (Wildman–Crippen MR) is 78.9 cm³/mol. The maximum absolute atomic E-state index is 13.0. The molecule has 124 valence electrons. The normalized spacial score (nSPS) is 18.9. The second kappa shape index (κ2) is 8.41. The van der Waals surface area contributed by atoms with Crippen LogP contribution in [0.1, 0.15) is 19.8 Å². The molecule has 0 saturated carbocycles. The Labute approximate surface area is 129 Å². The van der Waals surface area contributed by atoms with E-state index in [4.69, 9.17) is 9.47 Å².